The van der Waals surface area contributed by atoms with E-state index in [1.165, 1.54) is 0 Å². The molecule has 0 radical (unpaired) electrons. The summed E-state index contributed by atoms with van der Waals surface area (Å²) < 4.78 is 28.7. The van der Waals surface area contributed by atoms with E-state index in [9.17, 15) is 0 Å². The number of methoxy groups -OCH3 is 1. The highest BCUT2D eigenvalue weighted by atomic mass is 28.4. The van der Waals surface area contributed by atoms with E-state index >= 15 is 0 Å². The van der Waals surface area contributed by atoms with Gasteiger partial charge in [-0.3, -0.25) is 0 Å². The molecule has 18 heavy (non-hydrogen) atoms. The molecule has 0 aromatic rings. The summed E-state index contributed by atoms with van der Waals surface area (Å²) >= 11 is 0. The largest absolute Gasteiger partial charge is 0.401 e. The Morgan fingerprint density at radius 1 is 1.17 bits per heavy atom. The summed E-state index contributed by atoms with van der Waals surface area (Å²) in [6, 6.07) is 0.834. The van der Waals surface area contributed by atoms with Gasteiger partial charge >= 0.3 is 8.56 Å². The van der Waals surface area contributed by atoms with Crippen LogP contribution in [-0.2, 0) is 23.1 Å². The molecule has 1 unspecified atom stereocenters. The van der Waals surface area contributed by atoms with Gasteiger partial charge in [-0.25, -0.2) is 0 Å². The third-order valence-electron chi connectivity index (χ3n) is 3.32. The summed E-state index contributed by atoms with van der Waals surface area (Å²) in [5, 5.41) is 0. The third-order valence-corrected chi connectivity index (χ3v) is 7.53. The molecule has 1 aliphatic heterocycles. The van der Waals surface area contributed by atoms with Crippen molar-refractivity contribution in [1.29, 1.82) is 0 Å². The first kappa shape index (κ1) is 16.1. The summed E-state index contributed by atoms with van der Waals surface area (Å²) in [7, 11) is 0.694. The standard InChI is InChI=1S/C12H26O5Si/c1-5-10-18(14-4,17-11-13-3)12(6-2)15-8-7-9-16-12/h5-11H2,1-4H3. The van der Waals surface area contributed by atoms with Gasteiger partial charge in [0.1, 0.15) is 6.79 Å². The van der Waals surface area contributed by atoms with Gasteiger partial charge in [0, 0.05) is 20.6 Å². The van der Waals surface area contributed by atoms with Gasteiger partial charge in [-0.05, 0) is 12.5 Å². The van der Waals surface area contributed by atoms with E-state index in [-0.39, 0.29) is 6.79 Å². The van der Waals surface area contributed by atoms with Crippen molar-refractivity contribution < 1.29 is 23.1 Å². The first-order chi connectivity index (χ1) is 8.70. The Morgan fingerprint density at radius 2 is 1.83 bits per heavy atom. The first-order valence-electron chi connectivity index (χ1n) is 6.66. The van der Waals surface area contributed by atoms with Gasteiger partial charge in [-0.1, -0.05) is 20.3 Å². The van der Waals surface area contributed by atoms with Crippen LogP contribution < -0.4 is 0 Å². The molecular formula is C12H26O5Si. The van der Waals surface area contributed by atoms with E-state index in [1.54, 1.807) is 14.2 Å². The van der Waals surface area contributed by atoms with Crippen LogP contribution in [0.25, 0.3) is 0 Å². The van der Waals surface area contributed by atoms with Crippen molar-refractivity contribution in [2.45, 2.75) is 44.6 Å². The molecule has 0 spiro atoms. The zero-order chi connectivity index (χ0) is 13.5. The van der Waals surface area contributed by atoms with Crippen LogP contribution in [0.2, 0.25) is 6.04 Å². The average molecular weight is 278 g/mol. The van der Waals surface area contributed by atoms with Crippen molar-refractivity contribution >= 4 is 8.56 Å². The van der Waals surface area contributed by atoms with Gasteiger partial charge < -0.3 is 23.1 Å². The second-order valence-electron chi connectivity index (χ2n) is 4.41. The van der Waals surface area contributed by atoms with Gasteiger partial charge in [0.2, 0.25) is 5.41 Å². The Hall–Kier alpha value is 0.0169. The number of hydrogen-bond donors (Lipinski definition) is 0. The minimum Gasteiger partial charge on any atom is -0.395 e. The Bertz CT molecular complexity index is 233. The van der Waals surface area contributed by atoms with Crippen LogP contribution in [0.15, 0.2) is 0 Å². The van der Waals surface area contributed by atoms with Crippen molar-refractivity contribution in [1.82, 2.24) is 0 Å². The fourth-order valence-electron chi connectivity index (χ4n) is 2.44. The van der Waals surface area contributed by atoms with Gasteiger partial charge in [0.15, 0.2) is 0 Å². The van der Waals surface area contributed by atoms with Gasteiger partial charge in [0.25, 0.3) is 0 Å². The highest BCUT2D eigenvalue weighted by molar-refractivity contribution is 6.70. The lowest BCUT2D eigenvalue weighted by Crippen LogP contribution is -2.66. The molecule has 0 aromatic carbocycles. The molecule has 0 N–H and O–H groups in total. The maximum atomic E-state index is 5.95. The lowest BCUT2D eigenvalue weighted by molar-refractivity contribution is -0.241. The molecule has 1 atom stereocenters. The van der Waals surface area contributed by atoms with Gasteiger partial charge in [0.05, 0.1) is 13.2 Å². The van der Waals surface area contributed by atoms with Crippen molar-refractivity contribution in [2.75, 3.05) is 34.2 Å². The van der Waals surface area contributed by atoms with Crippen molar-refractivity contribution in [2.24, 2.45) is 0 Å². The Labute approximate surface area is 111 Å². The zero-order valence-corrected chi connectivity index (χ0v) is 13.0. The van der Waals surface area contributed by atoms with E-state index in [2.05, 4.69) is 13.8 Å². The van der Waals surface area contributed by atoms with Crippen molar-refractivity contribution in [3.63, 3.8) is 0 Å². The van der Waals surface area contributed by atoms with Crippen LogP contribution in [0.4, 0.5) is 0 Å². The molecule has 0 aromatic heterocycles. The molecule has 0 bridgehead atoms. The normalized spacial score (nSPS) is 22.7. The third kappa shape index (κ3) is 3.12. The van der Waals surface area contributed by atoms with E-state index in [1.807, 2.05) is 0 Å². The molecule has 1 fully saturated rings. The molecule has 0 saturated carbocycles. The highest BCUT2D eigenvalue weighted by Gasteiger charge is 2.59. The van der Waals surface area contributed by atoms with Gasteiger partial charge in [-0.2, -0.15) is 0 Å². The number of hydrogen-bond acceptors (Lipinski definition) is 5. The second kappa shape index (κ2) is 7.57. The second-order valence-corrected chi connectivity index (χ2v) is 7.88. The van der Waals surface area contributed by atoms with Crippen LogP contribution >= 0.6 is 0 Å². The molecule has 0 aliphatic carbocycles. The summed E-state index contributed by atoms with van der Waals surface area (Å²) in [6.45, 7) is 5.79. The molecule has 1 heterocycles. The molecule has 108 valence electrons. The molecule has 1 saturated heterocycles. The molecule has 1 aliphatic rings. The number of ether oxygens (including phenoxy) is 3. The van der Waals surface area contributed by atoms with Crippen LogP contribution in [-0.4, -0.2) is 48.2 Å². The summed E-state index contributed by atoms with van der Waals surface area (Å²) in [5.41, 5.74) is -0.700. The predicted octanol–water partition coefficient (Wildman–Crippen LogP) is 2.19. The zero-order valence-electron chi connectivity index (χ0n) is 12.0. The molecular weight excluding hydrogens is 252 g/mol. The maximum absolute atomic E-state index is 5.95. The minimum absolute atomic E-state index is 0.217. The quantitative estimate of drug-likeness (QED) is 0.503. The maximum Gasteiger partial charge on any atom is 0.401 e. The molecule has 5 nitrogen and oxygen atoms in total. The first-order valence-corrected chi connectivity index (χ1v) is 8.68. The Balaban J connectivity index is 2.95. The lowest BCUT2D eigenvalue weighted by atomic mass is 10.4. The average Bonchev–Trinajstić information content (AvgIpc) is 2.44. The highest BCUT2D eigenvalue weighted by Crippen LogP contribution is 2.37. The summed E-state index contributed by atoms with van der Waals surface area (Å²) in [6.07, 6.45) is 2.63. The topological polar surface area (TPSA) is 46.2 Å². The molecule has 1 rings (SSSR count). The van der Waals surface area contributed by atoms with E-state index < -0.39 is 14.0 Å². The van der Waals surface area contributed by atoms with Crippen LogP contribution in [0.5, 0.6) is 0 Å². The van der Waals surface area contributed by atoms with E-state index in [0.717, 1.165) is 25.3 Å². The van der Waals surface area contributed by atoms with Crippen molar-refractivity contribution in [3.05, 3.63) is 0 Å². The monoisotopic (exact) mass is 278 g/mol. The summed E-state index contributed by atoms with van der Waals surface area (Å²) in [5.74, 6) is 0. The lowest BCUT2D eigenvalue weighted by Gasteiger charge is -2.46. The Morgan fingerprint density at radius 3 is 2.28 bits per heavy atom. The predicted molar refractivity (Wildman–Crippen MR) is 70.4 cm³/mol. The SMILES string of the molecule is CCC[Si](OC)(OCOC)C1(CC)OCCCO1. The molecule has 0 amide bonds. The smallest absolute Gasteiger partial charge is 0.395 e. The van der Waals surface area contributed by atoms with Gasteiger partial charge in [-0.15, -0.1) is 0 Å². The Kier molecular flexibility index (Phi) is 6.76. The number of rotatable bonds is 8. The van der Waals surface area contributed by atoms with Crippen LogP contribution in [0, 0.1) is 0 Å². The fraction of sp³-hybridized carbons (Fsp3) is 1.00. The fourth-order valence-corrected chi connectivity index (χ4v) is 5.97. The van der Waals surface area contributed by atoms with Crippen LogP contribution in [0.3, 0.4) is 0 Å². The van der Waals surface area contributed by atoms with E-state index in [0.29, 0.717) is 13.2 Å². The minimum atomic E-state index is -2.61. The summed E-state index contributed by atoms with van der Waals surface area (Å²) in [4.78, 5) is 0. The molecule has 6 heteroatoms. The van der Waals surface area contributed by atoms with Crippen molar-refractivity contribution in [3.8, 4) is 0 Å². The van der Waals surface area contributed by atoms with E-state index in [4.69, 9.17) is 23.1 Å². The van der Waals surface area contributed by atoms with Crippen LogP contribution in [0.1, 0.15) is 33.1 Å².